The lowest BCUT2D eigenvalue weighted by molar-refractivity contribution is -0.141. The van der Waals surface area contributed by atoms with E-state index in [1.807, 2.05) is 13.0 Å². The average Bonchev–Trinajstić information content (AvgIpc) is 3.40. The summed E-state index contributed by atoms with van der Waals surface area (Å²) < 4.78 is 5.59. The molecule has 1 unspecified atom stereocenters. The van der Waals surface area contributed by atoms with E-state index in [-0.39, 0.29) is 17.4 Å². The molecule has 2 aromatic rings. The van der Waals surface area contributed by atoms with E-state index in [9.17, 15) is 14.7 Å². The molecule has 4 rings (SSSR count). The van der Waals surface area contributed by atoms with Crippen LogP contribution in [0.4, 0.5) is 0 Å². The number of carbonyl (C=O) groups is 2. The summed E-state index contributed by atoms with van der Waals surface area (Å²) >= 11 is 0. The van der Waals surface area contributed by atoms with Gasteiger partial charge in [0, 0.05) is 17.8 Å². The van der Waals surface area contributed by atoms with Gasteiger partial charge in [0.25, 0.3) is 11.7 Å². The van der Waals surface area contributed by atoms with E-state index in [0.717, 1.165) is 32.1 Å². The monoisotopic (exact) mass is 406 g/mol. The van der Waals surface area contributed by atoms with Gasteiger partial charge in [-0.25, -0.2) is 0 Å². The molecular formula is C24H26N2O4. The predicted molar refractivity (Wildman–Crippen MR) is 113 cm³/mol. The van der Waals surface area contributed by atoms with E-state index in [0.29, 0.717) is 23.6 Å². The molecule has 1 amide bonds. The minimum Gasteiger partial charge on any atom is -0.507 e. The maximum Gasteiger partial charge on any atom is 0.295 e. The fourth-order valence-corrected chi connectivity index (χ4v) is 4.32. The molecule has 1 N–H and O–H groups in total. The van der Waals surface area contributed by atoms with Crippen LogP contribution in [-0.4, -0.2) is 39.3 Å². The average molecular weight is 406 g/mol. The van der Waals surface area contributed by atoms with Crippen molar-refractivity contribution in [2.75, 3.05) is 6.61 Å². The number of rotatable bonds is 6. The first-order chi connectivity index (χ1) is 14.6. The Morgan fingerprint density at radius 3 is 2.50 bits per heavy atom. The molecule has 156 valence electrons. The third-order valence-electron chi connectivity index (χ3n) is 5.77. The van der Waals surface area contributed by atoms with Crippen LogP contribution in [0.3, 0.4) is 0 Å². The van der Waals surface area contributed by atoms with Crippen molar-refractivity contribution in [3.63, 3.8) is 0 Å². The number of pyridine rings is 1. The highest BCUT2D eigenvalue weighted by molar-refractivity contribution is 6.46. The van der Waals surface area contributed by atoms with Gasteiger partial charge in [0.15, 0.2) is 0 Å². The molecule has 0 spiro atoms. The zero-order chi connectivity index (χ0) is 21.1. The van der Waals surface area contributed by atoms with E-state index in [1.165, 1.54) is 0 Å². The number of hydrogen-bond acceptors (Lipinski definition) is 5. The van der Waals surface area contributed by atoms with Crippen molar-refractivity contribution in [3.05, 3.63) is 65.5 Å². The van der Waals surface area contributed by atoms with E-state index >= 15 is 0 Å². The van der Waals surface area contributed by atoms with Crippen LogP contribution in [0.5, 0.6) is 5.75 Å². The number of amides is 1. The number of nitrogens with zero attached hydrogens (tertiary/aromatic N) is 2. The van der Waals surface area contributed by atoms with Crippen LogP contribution in [-0.2, 0) is 9.59 Å². The molecule has 1 aliphatic carbocycles. The topological polar surface area (TPSA) is 79.7 Å². The molecule has 1 aliphatic heterocycles. The van der Waals surface area contributed by atoms with Gasteiger partial charge in [0.2, 0.25) is 0 Å². The van der Waals surface area contributed by atoms with E-state index in [4.69, 9.17) is 4.74 Å². The molecule has 1 aromatic heterocycles. The summed E-state index contributed by atoms with van der Waals surface area (Å²) in [5.41, 5.74) is 1.17. The number of aromatic nitrogens is 1. The molecule has 6 nitrogen and oxygen atoms in total. The summed E-state index contributed by atoms with van der Waals surface area (Å²) in [6.45, 7) is 2.64. The first-order valence-corrected chi connectivity index (χ1v) is 10.6. The quantitative estimate of drug-likeness (QED) is 0.441. The van der Waals surface area contributed by atoms with Crippen LogP contribution in [0.2, 0.25) is 0 Å². The Morgan fingerprint density at radius 2 is 1.87 bits per heavy atom. The summed E-state index contributed by atoms with van der Waals surface area (Å²) in [4.78, 5) is 32.1. The number of ketones is 1. The highest BCUT2D eigenvalue weighted by Gasteiger charge is 2.49. The second-order valence-electron chi connectivity index (χ2n) is 7.77. The molecule has 1 saturated heterocycles. The first kappa shape index (κ1) is 20.1. The lowest BCUT2D eigenvalue weighted by Crippen LogP contribution is -2.37. The zero-order valence-corrected chi connectivity index (χ0v) is 17.1. The molecular weight excluding hydrogens is 380 g/mol. The van der Waals surface area contributed by atoms with E-state index < -0.39 is 17.7 Å². The molecule has 1 atom stereocenters. The standard InChI is InChI=1S/C24H26N2O4/c1-2-15-30-18-12-10-16(11-13-18)22(27)20-21(19-9-5-6-14-25-19)26(24(29)23(20)28)17-7-3-4-8-17/h5-6,9-14,17,21,27H,2-4,7-8,15H2,1H3/b22-20-. The molecule has 2 heterocycles. The van der Waals surface area contributed by atoms with Crippen LogP contribution >= 0.6 is 0 Å². The van der Waals surface area contributed by atoms with Gasteiger partial charge in [-0.3, -0.25) is 14.6 Å². The maximum atomic E-state index is 13.0. The molecule has 1 aromatic carbocycles. The predicted octanol–water partition coefficient (Wildman–Crippen LogP) is 4.23. The number of hydrogen-bond donors (Lipinski definition) is 1. The Labute approximate surface area is 176 Å². The Hall–Kier alpha value is -3.15. The van der Waals surface area contributed by atoms with Gasteiger partial charge < -0.3 is 14.7 Å². The fraction of sp³-hybridized carbons (Fsp3) is 0.375. The smallest absolute Gasteiger partial charge is 0.295 e. The number of ether oxygens (including phenoxy) is 1. The van der Waals surface area contributed by atoms with Crippen molar-refractivity contribution in [1.82, 2.24) is 9.88 Å². The Bertz CT molecular complexity index is 947. The van der Waals surface area contributed by atoms with E-state index in [1.54, 1.807) is 47.5 Å². The van der Waals surface area contributed by atoms with Crippen LogP contribution in [0, 0.1) is 0 Å². The summed E-state index contributed by atoms with van der Waals surface area (Å²) in [5.74, 6) is -0.684. The van der Waals surface area contributed by atoms with Crippen LogP contribution in [0.1, 0.15) is 56.3 Å². The molecule has 0 radical (unpaired) electrons. The van der Waals surface area contributed by atoms with Crippen molar-refractivity contribution in [2.24, 2.45) is 0 Å². The minimum absolute atomic E-state index is 0.0106. The summed E-state index contributed by atoms with van der Waals surface area (Å²) in [7, 11) is 0. The second kappa shape index (κ2) is 8.69. The van der Waals surface area contributed by atoms with Gasteiger partial charge in [0.05, 0.1) is 17.9 Å². The van der Waals surface area contributed by atoms with Crippen molar-refractivity contribution in [2.45, 2.75) is 51.1 Å². The maximum absolute atomic E-state index is 13.0. The first-order valence-electron chi connectivity index (χ1n) is 10.6. The van der Waals surface area contributed by atoms with Gasteiger partial charge in [-0.2, -0.15) is 0 Å². The lowest BCUT2D eigenvalue weighted by Gasteiger charge is -2.30. The normalized spacial score (nSPS) is 21.4. The van der Waals surface area contributed by atoms with Crippen molar-refractivity contribution >= 4 is 17.4 Å². The number of benzene rings is 1. The van der Waals surface area contributed by atoms with Gasteiger partial charge in [-0.15, -0.1) is 0 Å². The Kier molecular flexibility index (Phi) is 5.84. The third-order valence-corrected chi connectivity index (χ3v) is 5.77. The van der Waals surface area contributed by atoms with Gasteiger partial charge in [-0.1, -0.05) is 25.8 Å². The highest BCUT2D eigenvalue weighted by Crippen LogP contribution is 2.42. The van der Waals surface area contributed by atoms with E-state index in [2.05, 4.69) is 4.98 Å². The molecule has 30 heavy (non-hydrogen) atoms. The van der Waals surface area contributed by atoms with Crippen molar-refractivity contribution in [3.8, 4) is 5.75 Å². The summed E-state index contributed by atoms with van der Waals surface area (Å²) in [6.07, 6.45) is 6.32. The fourth-order valence-electron chi connectivity index (χ4n) is 4.32. The largest absolute Gasteiger partial charge is 0.507 e. The molecule has 2 aliphatic rings. The summed E-state index contributed by atoms with van der Waals surface area (Å²) in [6, 6.07) is 11.7. The molecule has 1 saturated carbocycles. The SMILES string of the molecule is CCCOc1ccc(/C(O)=C2/C(=O)C(=O)N(C3CCCC3)C2c2ccccn2)cc1. The number of aliphatic hydroxyl groups is 1. The lowest BCUT2D eigenvalue weighted by atomic mass is 9.97. The van der Waals surface area contributed by atoms with Crippen molar-refractivity contribution in [1.29, 1.82) is 0 Å². The summed E-state index contributed by atoms with van der Waals surface area (Å²) in [5, 5.41) is 11.1. The number of aliphatic hydroxyl groups excluding tert-OH is 1. The Morgan fingerprint density at radius 1 is 1.13 bits per heavy atom. The minimum atomic E-state index is -0.676. The number of Topliss-reactive ketones (excluding diaryl/α,β-unsaturated/α-hetero) is 1. The molecule has 2 fully saturated rings. The van der Waals surface area contributed by atoms with Gasteiger partial charge in [-0.05, 0) is 55.7 Å². The molecule has 6 heteroatoms. The third kappa shape index (κ3) is 3.70. The second-order valence-corrected chi connectivity index (χ2v) is 7.77. The molecule has 0 bridgehead atoms. The van der Waals surface area contributed by atoms with Crippen LogP contribution in [0.15, 0.2) is 54.2 Å². The van der Waals surface area contributed by atoms with Crippen molar-refractivity contribution < 1.29 is 19.4 Å². The van der Waals surface area contributed by atoms with Gasteiger partial charge >= 0.3 is 0 Å². The number of carbonyl (C=O) groups excluding carboxylic acids is 2. The zero-order valence-electron chi connectivity index (χ0n) is 17.1. The van der Waals surface area contributed by atoms with Gasteiger partial charge in [0.1, 0.15) is 17.6 Å². The highest BCUT2D eigenvalue weighted by atomic mass is 16.5. The van der Waals surface area contributed by atoms with Crippen LogP contribution in [0.25, 0.3) is 5.76 Å². The van der Waals surface area contributed by atoms with Crippen LogP contribution < -0.4 is 4.74 Å². The number of likely N-dealkylation sites (tertiary alicyclic amines) is 1. The Balaban J connectivity index is 1.77.